The second-order valence-corrected chi connectivity index (χ2v) is 7.39. The van der Waals surface area contributed by atoms with Gasteiger partial charge in [-0.15, -0.1) is 0 Å². The molecule has 6 nitrogen and oxygen atoms in total. The van der Waals surface area contributed by atoms with E-state index in [1.54, 1.807) is 6.92 Å². The molecule has 2 rings (SSSR count). The largest absolute Gasteiger partial charge is 0.378 e. The average molecular weight is 291 g/mol. The lowest BCUT2D eigenvalue weighted by Crippen LogP contribution is -2.31. The van der Waals surface area contributed by atoms with E-state index < -0.39 is 10.0 Å². The van der Waals surface area contributed by atoms with Crippen LogP contribution in [0.2, 0.25) is 0 Å². The third-order valence-corrected chi connectivity index (χ3v) is 6.10. The number of rotatable bonds is 4. The molecule has 0 bridgehead atoms. The van der Waals surface area contributed by atoms with Crippen LogP contribution in [0.15, 0.2) is 4.21 Å². The molecule has 1 aliphatic heterocycles. The minimum atomic E-state index is -3.51. The number of hydrogen-bond acceptors (Lipinski definition) is 6. The van der Waals surface area contributed by atoms with Crippen molar-refractivity contribution in [1.29, 1.82) is 0 Å². The van der Waals surface area contributed by atoms with Gasteiger partial charge in [0.2, 0.25) is 0 Å². The maximum absolute atomic E-state index is 12.1. The Kier molecular flexibility index (Phi) is 3.90. The van der Waals surface area contributed by atoms with E-state index in [0.29, 0.717) is 18.8 Å². The van der Waals surface area contributed by atoms with Gasteiger partial charge in [-0.05, 0) is 20.3 Å². The van der Waals surface area contributed by atoms with Gasteiger partial charge in [-0.1, -0.05) is 11.3 Å². The molecule has 1 aliphatic rings. The van der Waals surface area contributed by atoms with Crippen LogP contribution in [-0.2, 0) is 14.8 Å². The van der Waals surface area contributed by atoms with Crippen molar-refractivity contribution >= 4 is 26.5 Å². The van der Waals surface area contributed by atoms with Gasteiger partial charge in [-0.3, -0.25) is 0 Å². The summed E-state index contributed by atoms with van der Waals surface area (Å²) in [5.41, 5.74) is 5.96. The highest BCUT2D eigenvalue weighted by molar-refractivity contribution is 7.91. The van der Waals surface area contributed by atoms with Gasteiger partial charge in [-0.25, -0.2) is 18.1 Å². The lowest BCUT2D eigenvalue weighted by molar-refractivity contribution is 0.107. The summed E-state index contributed by atoms with van der Waals surface area (Å²) in [6.45, 7) is 4.69. The Morgan fingerprint density at radius 3 is 2.83 bits per heavy atom. The molecule has 0 amide bonds. The Bertz CT molecular complexity index is 526. The maximum atomic E-state index is 12.1. The monoisotopic (exact) mass is 291 g/mol. The first-order valence-corrected chi connectivity index (χ1v) is 8.04. The summed E-state index contributed by atoms with van der Waals surface area (Å²) in [4.78, 5) is 3.92. The first-order valence-electron chi connectivity index (χ1n) is 5.74. The van der Waals surface area contributed by atoms with E-state index in [4.69, 9.17) is 10.5 Å². The fourth-order valence-electron chi connectivity index (χ4n) is 1.98. The summed E-state index contributed by atoms with van der Waals surface area (Å²) >= 11 is 0.990. The average Bonchev–Trinajstić information content (AvgIpc) is 2.82. The quantitative estimate of drug-likeness (QED) is 0.853. The smallest absolute Gasteiger partial charge is 0.252 e. The number of ether oxygens (including phenoxy) is 1. The van der Waals surface area contributed by atoms with Crippen molar-refractivity contribution in [3.8, 4) is 0 Å². The Morgan fingerprint density at radius 1 is 1.61 bits per heavy atom. The zero-order valence-electron chi connectivity index (χ0n) is 10.3. The van der Waals surface area contributed by atoms with Crippen LogP contribution in [0.5, 0.6) is 0 Å². The number of nitrogen functional groups attached to an aromatic ring is 1. The SMILES string of the molecule is Cc1nc(N)sc1S(=O)(=O)NCC1CCOC1C. The van der Waals surface area contributed by atoms with E-state index in [1.807, 2.05) is 6.92 Å². The molecule has 2 unspecified atom stereocenters. The number of anilines is 1. The number of nitrogens with one attached hydrogen (secondary N) is 1. The van der Waals surface area contributed by atoms with Crippen LogP contribution in [0.1, 0.15) is 19.0 Å². The van der Waals surface area contributed by atoms with E-state index in [-0.39, 0.29) is 21.4 Å². The van der Waals surface area contributed by atoms with Crippen LogP contribution in [0.4, 0.5) is 5.13 Å². The zero-order valence-corrected chi connectivity index (χ0v) is 12.0. The van der Waals surface area contributed by atoms with E-state index in [1.165, 1.54) is 0 Å². The number of aryl methyl sites for hydroxylation is 1. The van der Waals surface area contributed by atoms with Crippen molar-refractivity contribution in [1.82, 2.24) is 9.71 Å². The molecule has 102 valence electrons. The number of nitrogens with zero attached hydrogens (tertiary/aromatic N) is 1. The number of aromatic nitrogens is 1. The van der Waals surface area contributed by atoms with E-state index in [9.17, 15) is 8.42 Å². The third-order valence-electron chi connectivity index (χ3n) is 3.08. The van der Waals surface area contributed by atoms with Crippen molar-refractivity contribution in [2.45, 2.75) is 30.6 Å². The molecule has 0 aliphatic carbocycles. The molecule has 1 fully saturated rings. The Labute approximate surface area is 111 Å². The van der Waals surface area contributed by atoms with Gasteiger partial charge in [-0.2, -0.15) is 0 Å². The lowest BCUT2D eigenvalue weighted by Gasteiger charge is -2.14. The maximum Gasteiger partial charge on any atom is 0.252 e. The van der Waals surface area contributed by atoms with Crippen molar-refractivity contribution in [2.75, 3.05) is 18.9 Å². The highest BCUT2D eigenvalue weighted by atomic mass is 32.2. The van der Waals surface area contributed by atoms with Crippen molar-refractivity contribution in [3.63, 3.8) is 0 Å². The van der Waals surface area contributed by atoms with Crippen LogP contribution in [-0.4, -0.2) is 32.7 Å². The van der Waals surface area contributed by atoms with Crippen LogP contribution < -0.4 is 10.5 Å². The molecular weight excluding hydrogens is 274 g/mol. The number of thiazole rings is 1. The van der Waals surface area contributed by atoms with Gasteiger partial charge in [0.15, 0.2) is 9.34 Å². The van der Waals surface area contributed by atoms with Gasteiger partial charge in [0.1, 0.15) is 0 Å². The van der Waals surface area contributed by atoms with Crippen molar-refractivity contribution in [2.24, 2.45) is 5.92 Å². The summed E-state index contributed by atoms with van der Waals surface area (Å²) in [5, 5.41) is 0.269. The summed E-state index contributed by atoms with van der Waals surface area (Å²) in [6.07, 6.45) is 0.980. The second kappa shape index (κ2) is 5.12. The second-order valence-electron chi connectivity index (χ2n) is 4.40. The van der Waals surface area contributed by atoms with E-state index in [2.05, 4.69) is 9.71 Å². The highest BCUT2D eigenvalue weighted by Gasteiger charge is 2.27. The molecular formula is C10H17N3O3S2. The fraction of sp³-hybridized carbons (Fsp3) is 0.700. The molecule has 0 radical (unpaired) electrons. The predicted molar refractivity (Wildman–Crippen MR) is 70.0 cm³/mol. The topological polar surface area (TPSA) is 94.3 Å². The fourth-order valence-corrected chi connectivity index (χ4v) is 4.42. The van der Waals surface area contributed by atoms with E-state index in [0.717, 1.165) is 17.8 Å². The predicted octanol–water partition coefficient (Wildman–Crippen LogP) is 0.737. The number of hydrogen-bond donors (Lipinski definition) is 2. The summed E-state index contributed by atoms with van der Waals surface area (Å²) in [6, 6.07) is 0. The molecule has 1 saturated heterocycles. The van der Waals surface area contributed by atoms with Gasteiger partial charge >= 0.3 is 0 Å². The van der Waals surface area contributed by atoms with E-state index >= 15 is 0 Å². The summed E-state index contributed by atoms with van der Waals surface area (Å²) < 4.78 is 32.4. The molecule has 0 aromatic carbocycles. The van der Waals surface area contributed by atoms with Crippen molar-refractivity contribution < 1.29 is 13.2 Å². The van der Waals surface area contributed by atoms with Gasteiger partial charge < -0.3 is 10.5 Å². The molecule has 1 aromatic heterocycles. The third kappa shape index (κ3) is 2.82. The highest BCUT2D eigenvalue weighted by Crippen LogP contribution is 2.25. The first kappa shape index (κ1) is 13.7. The Morgan fingerprint density at radius 2 is 2.33 bits per heavy atom. The minimum Gasteiger partial charge on any atom is -0.378 e. The van der Waals surface area contributed by atoms with Crippen LogP contribution in [0, 0.1) is 12.8 Å². The molecule has 0 saturated carbocycles. The van der Waals surface area contributed by atoms with Gasteiger partial charge in [0.05, 0.1) is 11.8 Å². The summed E-state index contributed by atoms with van der Waals surface area (Å²) in [7, 11) is -3.51. The molecule has 8 heteroatoms. The molecule has 2 atom stereocenters. The Balaban J connectivity index is 2.06. The summed E-state index contributed by atoms with van der Waals surface area (Å²) in [5.74, 6) is 0.227. The lowest BCUT2D eigenvalue weighted by atomic mass is 10.0. The zero-order chi connectivity index (χ0) is 13.3. The van der Waals surface area contributed by atoms with Crippen molar-refractivity contribution in [3.05, 3.63) is 5.69 Å². The Hall–Kier alpha value is -0.700. The van der Waals surface area contributed by atoms with Gasteiger partial charge in [0.25, 0.3) is 10.0 Å². The molecule has 0 spiro atoms. The molecule has 18 heavy (non-hydrogen) atoms. The normalized spacial score (nSPS) is 24.6. The molecule has 2 heterocycles. The van der Waals surface area contributed by atoms with Crippen LogP contribution >= 0.6 is 11.3 Å². The number of sulfonamides is 1. The van der Waals surface area contributed by atoms with Crippen LogP contribution in [0.25, 0.3) is 0 Å². The number of nitrogens with two attached hydrogens (primary N) is 1. The standard InChI is InChI=1S/C10H17N3O3S2/c1-6-9(17-10(11)13-6)18(14,15)12-5-8-3-4-16-7(8)2/h7-8,12H,3-5H2,1-2H3,(H2,11,13). The molecule has 3 N–H and O–H groups in total. The molecule has 1 aromatic rings. The van der Waals surface area contributed by atoms with Gasteiger partial charge in [0, 0.05) is 19.1 Å². The van der Waals surface area contributed by atoms with Crippen LogP contribution in [0.3, 0.4) is 0 Å². The first-order chi connectivity index (χ1) is 8.40. The minimum absolute atomic E-state index is 0.0975.